The molecule has 4 nitrogen and oxygen atoms in total. The van der Waals surface area contributed by atoms with Crippen LogP contribution in [0.2, 0.25) is 0 Å². The molecule has 0 fully saturated rings. The number of hydrogen-bond acceptors (Lipinski definition) is 4. The molecule has 2 rings (SSSR count). The lowest BCUT2D eigenvalue weighted by molar-refractivity contribution is 0.0993. The van der Waals surface area contributed by atoms with Crippen molar-refractivity contribution in [1.82, 2.24) is 14.5 Å². The van der Waals surface area contributed by atoms with Crippen LogP contribution in [0.3, 0.4) is 0 Å². The van der Waals surface area contributed by atoms with Gasteiger partial charge in [-0.15, -0.1) is 11.3 Å². The molecule has 0 saturated heterocycles. The highest BCUT2D eigenvalue weighted by Crippen LogP contribution is 2.14. The summed E-state index contributed by atoms with van der Waals surface area (Å²) in [6.07, 6.45) is 5.61. The third kappa shape index (κ3) is 2.19. The summed E-state index contributed by atoms with van der Waals surface area (Å²) in [6.45, 7) is 4.77. The van der Waals surface area contributed by atoms with E-state index in [0.717, 1.165) is 17.4 Å². The van der Waals surface area contributed by atoms with E-state index in [-0.39, 0.29) is 5.78 Å². The summed E-state index contributed by atoms with van der Waals surface area (Å²) < 4.78 is 1.98. The number of thiazole rings is 1. The minimum atomic E-state index is 0.0894. The summed E-state index contributed by atoms with van der Waals surface area (Å²) in [5.41, 5.74) is 0. The van der Waals surface area contributed by atoms with Crippen LogP contribution in [0.1, 0.15) is 27.4 Å². The van der Waals surface area contributed by atoms with Crippen molar-refractivity contribution in [1.29, 1.82) is 0 Å². The topological polar surface area (TPSA) is 47.8 Å². The molecule has 0 aliphatic heterocycles. The molecule has 0 spiro atoms. The van der Waals surface area contributed by atoms with Crippen molar-refractivity contribution >= 4 is 17.1 Å². The minimum absolute atomic E-state index is 0.0894. The SMILES string of the molecule is CCn1ccnc1CC(=O)c1cnc(C)s1. The molecule has 0 radical (unpaired) electrons. The molecule has 0 saturated carbocycles. The van der Waals surface area contributed by atoms with Crippen molar-refractivity contribution < 1.29 is 4.79 Å². The van der Waals surface area contributed by atoms with E-state index in [1.807, 2.05) is 24.6 Å². The summed E-state index contributed by atoms with van der Waals surface area (Å²) in [7, 11) is 0. The third-order valence-corrected chi connectivity index (χ3v) is 3.31. The average Bonchev–Trinajstić information content (AvgIpc) is 2.86. The molecule has 5 heteroatoms. The summed E-state index contributed by atoms with van der Waals surface area (Å²) in [6, 6.07) is 0. The van der Waals surface area contributed by atoms with Gasteiger partial charge < -0.3 is 4.57 Å². The van der Waals surface area contributed by atoms with Crippen molar-refractivity contribution in [2.45, 2.75) is 26.8 Å². The van der Waals surface area contributed by atoms with Crippen molar-refractivity contribution in [3.8, 4) is 0 Å². The molecule has 2 aromatic rings. The van der Waals surface area contributed by atoms with Crippen LogP contribution in [0.15, 0.2) is 18.6 Å². The highest BCUT2D eigenvalue weighted by molar-refractivity contribution is 7.13. The average molecular weight is 235 g/mol. The zero-order valence-electron chi connectivity index (χ0n) is 9.30. The molecule has 0 atom stereocenters. The first kappa shape index (κ1) is 11.0. The predicted octanol–water partition coefficient (Wildman–Crippen LogP) is 2.09. The number of rotatable bonds is 4. The van der Waals surface area contributed by atoms with Crippen LogP contribution in [-0.2, 0) is 13.0 Å². The van der Waals surface area contributed by atoms with Crippen molar-refractivity contribution in [3.63, 3.8) is 0 Å². The Labute approximate surface area is 98.0 Å². The molecule has 0 aromatic carbocycles. The lowest BCUT2D eigenvalue weighted by atomic mass is 10.2. The van der Waals surface area contributed by atoms with E-state index in [2.05, 4.69) is 9.97 Å². The van der Waals surface area contributed by atoms with Crippen LogP contribution < -0.4 is 0 Å². The second-order valence-electron chi connectivity index (χ2n) is 3.47. The Hall–Kier alpha value is -1.49. The number of aromatic nitrogens is 3. The number of hydrogen-bond donors (Lipinski definition) is 0. The standard InChI is InChI=1S/C11H13N3OS/c1-3-14-5-4-12-11(14)6-9(15)10-7-13-8(2)16-10/h4-5,7H,3,6H2,1-2H3. The molecule has 2 aromatic heterocycles. The number of aryl methyl sites for hydroxylation is 2. The van der Waals surface area contributed by atoms with Crippen molar-refractivity contribution in [2.75, 3.05) is 0 Å². The molecule has 0 amide bonds. The maximum Gasteiger partial charge on any atom is 0.181 e. The monoisotopic (exact) mass is 235 g/mol. The fourth-order valence-corrected chi connectivity index (χ4v) is 2.23. The molecule has 0 aliphatic rings. The van der Waals surface area contributed by atoms with E-state index < -0.39 is 0 Å². The van der Waals surface area contributed by atoms with Gasteiger partial charge in [0.05, 0.1) is 16.3 Å². The first-order chi connectivity index (χ1) is 7.70. The van der Waals surface area contributed by atoms with Gasteiger partial charge in [0.25, 0.3) is 0 Å². The van der Waals surface area contributed by atoms with Gasteiger partial charge in [-0.2, -0.15) is 0 Å². The Bertz CT molecular complexity index is 501. The van der Waals surface area contributed by atoms with E-state index in [0.29, 0.717) is 11.3 Å². The smallest absolute Gasteiger partial charge is 0.181 e. The van der Waals surface area contributed by atoms with Crippen LogP contribution in [-0.4, -0.2) is 20.3 Å². The van der Waals surface area contributed by atoms with Gasteiger partial charge in [-0.05, 0) is 13.8 Å². The van der Waals surface area contributed by atoms with Crippen LogP contribution in [0, 0.1) is 6.92 Å². The normalized spacial score (nSPS) is 10.6. The summed E-state index contributed by atoms with van der Waals surface area (Å²) in [5, 5.41) is 0.919. The fourth-order valence-electron chi connectivity index (χ4n) is 1.52. The van der Waals surface area contributed by atoms with E-state index in [1.165, 1.54) is 11.3 Å². The van der Waals surface area contributed by atoms with Crippen LogP contribution >= 0.6 is 11.3 Å². The Balaban J connectivity index is 2.13. The van der Waals surface area contributed by atoms with Gasteiger partial charge in [0, 0.05) is 25.1 Å². The van der Waals surface area contributed by atoms with E-state index >= 15 is 0 Å². The molecule has 0 bridgehead atoms. The van der Waals surface area contributed by atoms with Gasteiger partial charge in [0.1, 0.15) is 5.82 Å². The molecule has 0 N–H and O–H groups in total. The molecule has 16 heavy (non-hydrogen) atoms. The highest BCUT2D eigenvalue weighted by Gasteiger charge is 2.12. The van der Waals surface area contributed by atoms with Gasteiger partial charge in [-0.3, -0.25) is 4.79 Å². The third-order valence-electron chi connectivity index (χ3n) is 2.36. The molecular formula is C11H13N3OS. The van der Waals surface area contributed by atoms with Gasteiger partial charge >= 0.3 is 0 Å². The number of carbonyl (C=O) groups excluding carboxylic acids is 1. The molecule has 0 unspecified atom stereocenters. The van der Waals surface area contributed by atoms with Crippen LogP contribution in [0.25, 0.3) is 0 Å². The number of imidazole rings is 1. The van der Waals surface area contributed by atoms with Gasteiger partial charge in [0.15, 0.2) is 5.78 Å². The maximum atomic E-state index is 11.9. The fraction of sp³-hybridized carbons (Fsp3) is 0.364. The number of nitrogens with zero attached hydrogens (tertiary/aromatic N) is 3. The number of ketones is 1. The Morgan fingerprint density at radius 1 is 1.50 bits per heavy atom. The molecule has 0 aliphatic carbocycles. The Morgan fingerprint density at radius 3 is 2.94 bits per heavy atom. The van der Waals surface area contributed by atoms with E-state index in [1.54, 1.807) is 12.4 Å². The molecule has 84 valence electrons. The van der Waals surface area contributed by atoms with Crippen molar-refractivity contribution in [3.05, 3.63) is 34.3 Å². The summed E-state index contributed by atoms with van der Waals surface area (Å²) >= 11 is 1.43. The zero-order valence-corrected chi connectivity index (χ0v) is 10.1. The first-order valence-electron chi connectivity index (χ1n) is 5.16. The van der Waals surface area contributed by atoms with Gasteiger partial charge in [-0.1, -0.05) is 0 Å². The maximum absolute atomic E-state index is 11.9. The van der Waals surface area contributed by atoms with Gasteiger partial charge in [0.2, 0.25) is 0 Å². The molecule has 2 heterocycles. The lowest BCUT2D eigenvalue weighted by Crippen LogP contribution is -2.08. The van der Waals surface area contributed by atoms with Gasteiger partial charge in [-0.25, -0.2) is 9.97 Å². The Kier molecular flexibility index (Phi) is 3.14. The molecular weight excluding hydrogens is 222 g/mol. The highest BCUT2D eigenvalue weighted by atomic mass is 32.1. The summed E-state index contributed by atoms with van der Waals surface area (Å²) in [4.78, 5) is 20.9. The zero-order chi connectivity index (χ0) is 11.5. The van der Waals surface area contributed by atoms with Crippen molar-refractivity contribution in [2.24, 2.45) is 0 Å². The number of Topliss-reactive ketones (excluding diaryl/α,β-unsaturated/α-hetero) is 1. The number of carbonyl (C=O) groups is 1. The second-order valence-corrected chi connectivity index (χ2v) is 4.71. The largest absolute Gasteiger partial charge is 0.335 e. The first-order valence-corrected chi connectivity index (χ1v) is 5.98. The second kappa shape index (κ2) is 4.57. The predicted molar refractivity (Wildman–Crippen MR) is 62.8 cm³/mol. The lowest BCUT2D eigenvalue weighted by Gasteiger charge is -2.02. The minimum Gasteiger partial charge on any atom is -0.335 e. The van der Waals surface area contributed by atoms with Crippen LogP contribution in [0.4, 0.5) is 0 Å². The summed E-state index contributed by atoms with van der Waals surface area (Å²) in [5.74, 6) is 0.907. The quantitative estimate of drug-likeness (QED) is 0.762. The van der Waals surface area contributed by atoms with E-state index in [9.17, 15) is 4.79 Å². The Morgan fingerprint density at radius 2 is 2.31 bits per heavy atom. The van der Waals surface area contributed by atoms with E-state index in [4.69, 9.17) is 0 Å². The van der Waals surface area contributed by atoms with Crippen LogP contribution in [0.5, 0.6) is 0 Å².